The Hall–Kier alpha value is -4.39. The molecule has 3 saturated heterocycles. The molecular weight excluding hydrogens is 662 g/mol. The lowest BCUT2D eigenvalue weighted by atomic mass is 9.83. The predicted octanol–water partition coefficient (Wildman–Crippen LogP) is 5.13. The summed E-state index contributed by atoms with van der Waals surface area (Å²) < 4.78 is 13.2. The van der Waals surface area contributed by atoms with E-state index in [2.05, 4.69) is 20.5 Å². The molecular formula is C39H55N7O6. The average molecular weight is 718 g/mol. The number of hydrogen-bond acceptors (Lipinski definition) is 9. The molecule has 6 rings (SSSR count). The van der Waals surface area contributed by atoms with E-state index in [0.29, 0.717) is 23.4 Å². The molecule has 3 aliphatic rings. The SMILES string of the molecule is CC(C)[C@@H](C(=O)N1C[C@H](O)C[C@H]1C(=O)N[C@@H](C)c1ccc(-c2ccnn2C)cc1)c1cc(N2CC(CC3CCN(C(=O)OC(C)(C)C)CC3)C2)no1. The number of hydrogen-bond donors (Lipinski definition) is 2. The zero-order chi connectivity index (χ0) is 37.3. The van der Waals surface area contributed by atoms with Crippen LogP contribution in [0.5, 0.6) is 0 Å². The van der Waals surface area contributed by atoms with E-state index >= 15 is 0 Å². The number of anilines is 1. The number of carbonyl (C=O) groups is 3. The topological polar surface area (TPSA) is 146 Å². The van der Waals surface area contributed by atoms with Crippen LogP contribution in [0, 0.1) is 17.8 Å². The number of aromatic nitrogens is 3. The minimum atomic E-state index is -0.797. The van der Waals surface area contributed by atoms with Crippen LogP contribution >= 0.6 is 0 Å². The highest BCUT2D eigenvalue weighted by molar-refractivity contribution is 5.91. The molecule has 3 aliphatic heterocycles. The summed E-state index contributed by atoms with van der Waals surface area (Å²) in [5, 5.41) is 22.3. The Bertz CT molecular complexity index is 1700. The van der Waals surface area contributed by atoms with Crippen LogP contribution in [0.3, 0.4) is 0 Å². The van der Waals surface area contributed by atoms with Crippen molar-refractivity contribution in [3.63, 3.8) is 0 Å². The highest BCUT2D eigenvalue weighted by Gasteiger charge is 2.44. The van der Waals surface area contributed by atoms with Gasteiger partial charge in [0.2, 0.25) is 11.8 Å². The van der Waals surface area contributed by atoms with Gasteiger partial charge in [0.05, 0.1) is 17.8 Å². The minimum absolute atomic E-state index is 0.0828. The molecule has 0 spiro atoms. The highest BCUT2D eigenvalue weighted by atomic mass is 16.6. The Kier molecular flexibility index (Phi) is 11.0. The molecule has 3 aromatic rings. The van der Waals surface area contributed by atoms with Gasteiger partial charge in [-0.25, -0.2) is 4.79 Å². The van der Waals surface area contributed by atoms with Crippen molar-refractivity contribution in [3.8, 4) is 11.3 Å². The molecule has 0 saturated carbocycles. The zero-order valence-corrected chi connectivity index (χ0v) is 31.6. The first-order valence-electron chi connectivity index (χ1n) is 18.7. The van der Waals surface area contributed by atoms with E-state index in [4.69, 9.17) is 9.26 Å². The molecule has 3 fully saturated rings. The van der Waals surface area contributed by atoms with Gasteiger partial charge in [0.15, 0.2) is 11.6 Å². The Morgan fingerprint density at radius 2 is 1.71 bits per heavy atom. The molecule has 282 valence electrons. The number of aliphatic hydroxyl groups excluding tert-OH is 1. The van der Waals surface area contributed by atoms with Gasteiger partial charge in [-0.3, -0.25) is 14.3 Å². The minimum Gasteiger partial charge on any atom is -0.444 e. The molecule has 5 heterocycles. The zero-order valence-electron chi connectivity index (χ0n) is 31.6. The van der Waals surface area contributed by atoms with Gasteiger partial charge < -0.3 is 34.4 Å². The summed E-state index contributed by atoms with van der Waals surface area (Å²) >= 11 is 0. The summed E-state index contributed by atoms with van der Waals surface area (Å²) in [5.74, 6) is 0.973. The van der Waals surface area contributed by atoms with Crippen LogP contribution in [0.25, 0.3) is 11.3 Å². The smallest absolute Gasteiger partial charge is 0.410 e. The van der Waals surface area contributed by atoms with Gasteiger partial charge in [-0.15, -0.1) is 0 Å². The maximum Gasteiger partial charge on any atom is 0.410 e. The van der Waals surface area contributed by atoms with Crippen molar-refractivity contribution < 1.29 is 28.8 Å². The number of aryl methyl sites for hydroxylation is 1. The van der Waals surface area contributed by atoms with Crippen LogP contribution in [0.1, 0.15) is 90.5 Å². The van der Waals surface area contributed by atoms with Gasteiger partial charge in [0.1, 0.15) is 17.6 Å². The highest BCUT2D eigenvalue weighted by Crippen LogP contribution is 2.36. The van der Waals surface area contributed by atoms with Gasteiger partial charge in [0.25, 0.3) is 0 Å². The van der Waals surface area contributed by atoms with Crippen LogP contribution < -0.4 is 10.2 Å². The number of likely N-dealkylation sites (tertiary alicyclic amines) is 2. The van der Waals surface area contributed by atoms with Crippen molar-refractivity contribution in [2.75, 3.05) is 37.6 Å². The molecule has 2 aromatic heterocycles. The van der Waals surface area contributed by atoms with Crippen molar-refractivity contribution in [2.24, 2.45) is 24.8 Å². The second kappa shape index (κ2) is 15.3. The Morgan fingerprint density at radius 3 is 2.33 bits per heavy atom. The fraction of sp³-hybridized carbons (Fsp3) is 0.615. The largest absolute Gasteiger partial charge is 0.444 e. The van der Waals surface area contributed by atoms with Crippen LogP contribution in [-0.4, -0.2) is 98.2 Å². The number of aliphatic hydroxyl groups is 1. The van der Waals surface area contributed by atoms with E-state index < -0.39 is 23.7 Å². The van der Waals surface area contributed by atoms with E-state index in [0.717, 1.165) is 62.3 Å². The monoisotopic (exact) mass is 717 g/mol. The van der Waals surface area contributed by atoms with E-state index in [1.807, 2.05) is 94.6 Å². The summed E-state index contributed by atoms with van der Waals surface area (Å²) in [4.78, 5) is 45.7. The van der Waals surface area contributed by atoms with Crippen molar-refractivity contribution in [1.82, 2.24) is 30.1 Å². The Labute approximate surface area is 306 Å². The summed E-state index contributed by atoms with van der Waals surface area (Å²) in [6.07, 6.45) is 3.96. The van der Waals surface area contributed by atoms with E-state index in [9.17, 15) is 19.5 Å². The molecule has 2 N–H and O–H groups in total. The number of amides is 3. The van der Waals surface area contributed by atoms with Crippen LogP contribution in [0.2, 0.25) is 0 Å². The predicted molar refractivity (Wildman–Crippen MR) is 196 cm³/mol. The number of carbonyl (C=O) groups excluding carboxylic acids is 3. The first kappa shape index (κ1) is 37.4. The second-order valence-electron chi connectivity index (χ2n) is 16.3. The maximum absolute atomic E-state index is 14.1. The lowest BCUT2D eigenvalue weighted by Crippen LogP contribution is -2.49. The van der Waals surface area contributed by atoms with Crippen molar-refractivity contribution in [1.29, 1.82) is 0 Å². The number of β-amino-alcohol motifs (C(OH)–C–C–N with tert-alkyl or cyclic N) is 1. The van der Waals surface area contributed by atoms with E-state index in [-0.39, 0.29) is 42.8 Å². The lowest BCUT2D eigenvalue weighted by molar-refractivity contribution is -0.141. The number of benzene rings is 1. The molecule has 13 nitrogen and oxygen atoms in total. The van der Waals surface area contributed by atoms with Gasteiger partial charge in [-0.2, -0.15) is 5.10 Å². The lowest BCUT2D eigenvalue weighted by Gasteiger charge is -2.42. The van der Waals surface area contributed by atoms with Crippen LogP contribution in [0.4, 0.5) is 10.6 Å². The van der Waals surface area contributed by atoms with Gasteiger partial charge >= 0.3 is 6.09 Å². The number of ether oxygens (including phenoxy) is 1. The van der Waals surface area contributed by atoms with E-state index in [1.54, 1.807) is 6.20 Å². The standard InChI is InChI=1S/C39H55N7O6/c1-24(2)35(33-20-34(42-52-33)45-21-27(22-45)18-26-13-16-44(17-14-26)38(50)51-39(4,5)6)37(49)46-23-30(47)19-32(46)36(48)41-25(3)28-8-10-29(11-9-28)31-12-15-40-43(31)7/h8-12,15,20,24-27,30,32,35,47H,13-14,16-19,21-23H2,1-7H3,(H,41,48)/t25-,30+,32-,35+/m0/s1. The summed E-state index contributed by atoms with van der Waals surface area (Å²) in [5.41, 5.74) is 2.46. The summed E-state index contributed by atoms with van der Waals surface area (Å²) in [7, 11) is 1.89. The molecule has 13 heteroatoms. The quantitative estimate of drug-likeness (QED) is 0.292. The molecule has 1 aromatic carbocycles. The van der Waals surface area contributed by atoms with Gasteiger partial charge in [-0.1, -0.05) is 43.3 Å². The van der Waals surface area contributed by atoms with Crippen molar-refractivity contribution >= 4 is 23.7 Å². The third kappa shape index (κ3) is 8.46. The summed E-state index contributed by atoms with van der Waals surface area (Å²) in [6.45, 7) is 14.8. The molecule has 3 amide bonds. The second-order valence-corrected chi connectivity index (χ2v) is 16.3. The van der Waals surface area contributed by atoms with Crippen LogP contribution in [0.15, 0.2) is 47.1 Å². The molecule has 0 aliphatic carbocycles. The number of rotatable bonds is 10. The fourth-order valence-corrected chi connectivity index (χ4v) is 7.84. The van der Waals surface area contributed by atoms with Crippen molar-refractivity contribution in [2.45, 2.75) is 96.9 Å². The maximum atomic E-state index is 14.1. The van der Waals surface area contributed by atoms with Gasteiger partial charge in [0, 0.05) is 58.5 Å². The number of nitrogens with zero attached hydrogens (tertiary/aromatic N) is 6. The molecule has 0 unspecified atom stereocenters. The number of nitrogens with one attached hydrogen (secondary N) is 1. The van der Waals surface area contributed by atoms with Crippen LogP contribution in [-0.2, 0) is 21.4 Å². The van der Waals surface area contributed by atoms with Crippen molar-refractivity contribution in [3.05, 3.63) is 53.9 Å². The third-order valence-electron chi connectivity index (χ3n) is 10.7. The molecule has 0 radical (unpaired) electrons. The molecule has 52 heavy (non-hydrogen) atoms. The number of piperidine rings is 1. The van der Waals surface area contributed by atoms with Gasteiger partial charge in [-0.05, 0) is 81.9 Å². The normalized spacial score (nSPS) is 21.3. The summed E-state index contributed by atoms with van der Waals surface area (Å²) in [6, 6.07) is 10.7. The first-order chi connectivity index (χ1) is 24.7. The fourth-order valence-electron chi connectivity index (χ4n) is 7.84. The molecule has 4 atom stereocenters. The third-order valence-corrected chi connectivity index (χ3v) is 10.7. The average Bonchev–Trinajstić information content (AvgIpc) is 3.82. The molecule has 0 bridgehead atoms. The Morgan fingerprint density at radius 1 is 1.02 bits per heavy atom. The first-order valence-corrected chi connectivity index (χ1v) is 18.7. The van der Waals surface area contributed by atoms with E-state index in [1.165, 1.54) is 4.90 Å². The Balaban J connectivity index is 1.02.